The Labute approximate surface area is 217 Å². The highest BCUT2D eigenvalue weighted by molar-refractivity contribution is 7.80. The molecule has 1 aromatic heterocycles. The van der Waals surface area contributed by atoms with Crippen LogP contribution in [0.25, 0.3) is 27.4 Å². The lowest BCUT2D eigenvalue weighted by Gasteiger charge is -2.53. The zero-order valence-electron chi connectivity index (χ0n) is 20.7. The van der Waals surface area contributed by atoms with Gasteiger partial charge < -0.3 is 14.6 Å². The number of para-hydroxylation sites is 1. The number of hydrogen-bond donors (Lipinski definition) is 1. The lowest BCUT2D eigenvalue weighted by Crippen LogP contribution is -2.50. The van der Waals surface area contributed by atoms with E-state index >= 15 is 0 Å². The predicted octanol–water partition coefficient (Wildman–Crippen LogP) is 7.15. The molecule has 0 aliphatic carbocycles. The predicted molar refractivity (Wildman–Crippen MR) is 152 cm³/mol. The van der Waals surface area contributed by atoms with Crippen LogP contribution in [0.5, 0.6) is 0 Å². The highest BCUT2D eigenvalue weighted by atomic mass is 32.1. The van der Waals surface area contributed by atoms with Gasteiger partial charge in [0.15, 0.2) is 0 Å². The maximum atomic E-state index is 6.28. The molecule has 2 atom stereocenters. The minimum atomic E-state index is 0.154. The van der Waals surface area contributed by atoms with E-state index in [0.29, 0.717) is 17.8 Å². The van der Waals surface area contributed by atoms with E-state index in [-0.39, 0.29) is 5.41 Å². The minimum Gasteiger partial charge on any atom is -0.464 e. The third-order valence-electron chi connectivity index (χ3n) is 8.70. The highest BCUT2D eigenvalue weighted by Crippen LogP contribution is 2.56. The molecule has 3 aromatic carbocycles. The Morgan fingerprint density at radius 3 is 2.72 bits per heavy atom. The van der Waals surface area contributed by atoms with E-state index in [1.807, 2.05) is 0 Å². The Balaban J connectivity index is 1.25. The van der Waals surface area contributed by atoms with Gasteiger partial charge in [0, 0.05) is 34.1 Å². The first-order valence-electron chi connectivity index (χ1n) is 13.2. The maximum Gasteiger partial charge on any atom is 0.261 e. The van der Waals surface area contributed by atoms with Gasteiger partial charge in [-0.05, 0) is 67.5 Å². The number of hydrogen-bond acceptors (Lipinski definition) is 3. The molecule has 182 valence electrons. The number of thiocarbonyl (C=S) groups is 1. The summed E-state index contributed by atoms with van der Waals surface area (Å²) < 4.78 is 8.78. The minimum absolute atomic E-state index is 0.154. The summed E-state index contributed by atoms with van der Waals surface area (Å²) in [4.78, 5) is 2.74. The summed E-state index contributed by atoms with van der Waals surface area (Å²) in [5.41, 5.74) is 6.68. The van der Waals surface area contributed by atoms with Gasteiger partial charge in [-0.1, -0.05) is 67.6 Å². The van der Waals surface area contributed by atoms with Crippen molar-refractivity contribution in [2.24, 2.45) is 5.41 Å². The summed E-state index contributed by atoms with van der Waals surface area (Å²) in [5, 5.41) is 7.49. The van der Waals surface area contributed by atoms with Gasteiger partial charge in [-0.3, -0.25) is 4.90 Å². The van der Waals surface area contributed by atoms with E-state index in [1.54, 1.807) is 0 Å². The van der Waals surface area contributed by atoms with Gasteiger partial charge in [0.2, 0.25) is 0 Å². The summed E-state index contributed by atoms with van der Waals surface area (Å²) in [7, 11) is 0. The Kier molecular flexibility index (Phi) is 5.19. The number of piperidine rings is 1. The molecule has 4 aromatic rings. The van der Waals surface area contributed by atoms with Crippen molar-refractivity contribution in [3.05, 3.63) is 84.1 Å². The lowest BCUT2D eigenvalue weighted by molar-refractivity contribution is 0.0264. The number of aromatic nitrogens is 1. The molecule has 0 spiro atoms. The molecule has 7 rings (SSSR count). The summed E-state index contributed by atoms with van der Waals surface area (Å²) in [6, 6.07) is 23.9. The van der Waals surface area contributed by atoms with Crippen molar-refractivity contribution in [3.63, 3.8) is 0 Å². The Bertz CT molecular complexity index is 1530. The van der Waals surface area contributed by atoms with Crippen LogP contribution in [0.2, 0.25) is 0 Å². The van der Waals surface area contributed by atoms with Crippen molar-refractivity contribution in [3.8, 4) is 0 Å². The molecular weight excluding hydrogens is 462 g/mol. The quantitative estimate of drug-likeness (QED) is 0.306. The van der Waals surface area contributed by atoms with Crippen LogP contribution in [0.4, 0.5) is 5.69 Å². The van der Waals surface area contributed by atoms with E-state index < -0.39 is 0 Å². The molecule has 3 aliphatic rings. The Morgan fingerprint density at radius 2 is 1.83 bits per heavy atom. The molecule has 0 radical (unpaired) electrons. The fourth-order valence-electron chi connectivity index (χ4n) is 7.11. The average Bonchev–Trinajstić information content (AvgIpc) is 3.26. The molecule has 0 saturated carbocycles. The third-order valence-corrected chi connectivity index (χ3v) is 8.92. The van der Waals surface area contributed by atoms with Crippen LogP contribution in [0, 0.1) is 5.41 Å². The van der Waals surface area contributed by atoms with E-state index in [0.717, 1.165) is 30.5 Å². The molecule has 4 heterocycles. The smallest absolute Gasteiger partial charge is 0.261 e. The van der Waals surface area contributed by atoms with Gasteiger partial charge in [0.05, 0.1) is 17.3 Å². The molecule has 1 N–H and O–H groups in total. The number of fused-ring (bicyclic) bond motifs is 4. The van der Waals surface area contributed by atoms with Crippen LogP contribution in [0.3, 0.4) is 0 Å². The van der Waals surface area contributed by atoms with Gasteiger partial charge in [-0.15, -0.1) is 0 Å². The van der Waals surface area contributed by atoms with Crippen LogP contribution in [-0.4, -0.2) is 34.3 Å². The van der Waals surface area contributed by atoms with Gasteiger partial charge in [-0.2, -0.15) is 0 Å². The van der Waals surface area contributed by atoms with Crippen molar-refractivity contribution < 1.29 is 4.74 Å². The molecule has 1 fully saturated rings. The number of ether oxygens (including phenoxy) is 1. The largest absolute Gasteiger partial charge is 0.464 e. The van der Waals surface area contributed by atoms with Crippen LogP contribution >= 0.6 is 12.2 Å². The number of nitrogens with one attached hydrogen (secondary N) is 1. The second-order valence-corrected chi connectivity index (χ2v) is 10.8. The fourth-order valence-corrected chi connectivity index (χ4v) is 7.28. The lowest BCUT2D eigenvalue weighted by atomic mass is 9.66. The molecule has 3 aliphatic heterocycles. The molecule has 0 bridgehead atoms. The van der Waals surface area contributed by atoms with Crippen LogP contribution < -0.4 is 5.32 Å². The average molecular weight is 494 g/mol. The summed E-state index contributed by atoms with van der Waals surface area (Å²) in [5.74, 6) is 0. The number of rotatable bonds is 4. The van der Waals surface area contributed by atoms with Crippen LogP contribution in [-0.2, 0) is 11.2 Å². The molecule has 36 heavy (non-hydrogen) atoms. The van der Waals surface area contributed by atoms with Crippen molar-refractivity contribution in [1.82, 2.24) is 9.47 Å². The highest BCUT2D eigenvalue weighted by Gasteiger charge is 2.50. The van der Waals surface area contributed by atoms with Gasteiger partial charge >= 0.3 is 0 Å². The number of anilines is 1. The molecule has 1 saturated heterocycles. The normalized spacial score (nSPS) is 22.8. The third kappa shape index (κ3) is 3.26. The zero-order valence-corrected chi connectivity index (χ0v) is 21.5. The first-order chi connectivity index (χ1) is 17.7. The second-order valence-electron chi connectivity index (χ2n) is 10.5. The van der Waals surface area contributed by atoms with Gasteiger partial charge in [-0.25, -0.2) is 0 Å². The van der Waals surface area contributed by atoms with Crippen molar-refractivity contribution in [2.45, 2.75) is 38.6 Å². The summed E-state index contributed by atoms with van der Waals surface area (Å²) in [6.45, 7) is 5.17. The summed E-state index contributed by atoms with van der Waals surface area (Å²) in [6.07, 6.45) is 7.28. The topological polar surface area (TPSA) is 29.4 Å². The van der Waals surface area contributed by atoms with Gasteiger partial charge in [0.1, 0.15) is 6.61 Å². The standard InChI is InChI=1S/C31H31N3OS/c1-2-31-16-8-17-33-18-15-25-24-12-5-6-14-27(24)34(28(25)29(31)33)22(19-31)20-35-30(36)32-26-13-7-10-21-9-3-4-11-23(21)26/h3-7,9-14,19,29H,2,8,15-18,20H2,1H3,(H,32,36)/t29-,31+/m1/s1. The van der Waals surface area contributed by atoms with Crippen molar-refractivity contribution in [1.29, 1.82) is 0 Å². The van der Waals surface area contributed by atoms with E-state index in [9.17, 15) is 0 Å². The maximum absolute atomic E-state index is 6.28. The molecule has 4 nitrogen and oxygen atoms in total. The molecule has 0 amide bonds. The number of nitrogens with zero attached hydrogens (tertiary/aromatic N) is 2. The second kappa shape index (κ2) is 8.46. The van der Waals surface area contributed by atoms with Crippen molar-refractivity contribution >= 4 is 50.5 Å². The monoisotopic (exact) mass is 493 g/mol. The number of benzene rings is 3. The molecule has 5 heteroatoms. The molecular formula is C31H31N3OS. The first-order valence-corrected chi connectivity index (χ1v) is 13.6. The SMILES string of the molecule is CC[C@@]12C=C(COC(=S)Nc3cccc4ccccc34)n3c4c(c5ccccc53)CCN(CCC1)[C@H]42. The van der Waals surface area contributed by atoms with E-state index in [2.05, 4.69) is 94.5 Å². The molecule has 0 unspecified atom stereocenters. The Morgan fingerprint density at radius 1 is 1.03 bits per heavy atom. The van der Waals surface area contributed by atoms with Crippen LogP contribution in [0.15, 0.2) is 72.8 Å². The fraction of sp³-hybridized carbons (Fsp3) is 0.323. The van der Waals surface area contributed by atoms with Crippen molar-refractivity contribution in [2.75, 3.05) is 25.0 Å². The first kappa shape index (κ1) is 22.1. The van der Waals surface area contributed by atoms with E-state index in [1.165, 1.54) is 52.6 Å². The van der Waals surface area contributed by atoms with Crippen LogP contribution in [0.1, 0.15) is 43.5 Å². The van der Waals surface area contributed by atoms with E-state index in [4.69, 9.17) is 17.0 Å². The van der Waals surface area contributed by atoms with Gasteiger partial charge in [0.25, 0.3) is 5.17 Å². The Hall–Kier alpha value is -3.15. The summed E-state index contributed by atoms with van der Waals surface area (Å²) >= 11 is 5.69. The zero-order chi connectivity index (χ0) is 24.3.